The number of nitrogens with zero attached hydrogens (tertiary/aromatic N) is 3. The first-order valence-corrected chi connectivity index (χ1v) is 6.94. The number of imidazole rings is 1. The van der Waals surface area contributed by atoms with Crippen molar-refractivity contribution >= 4 is 17.0 Å². The van der Waals surface area contributed by atoms with E-state index in [1.807, 2.05) is 12.1 Å². The molecular weight excluding hydrogens is 236 g/mol. The number of fused-ring (bicyclic) bond motifs is 1. The number of nitrogens with two attached hydrogens (primary N) is 1. The average Bonchev–Trinajstić information content (AvgIpc) is 3.03. The third-order valence-corrected chi connectivity index (χ3v) is 4.14. The Morgan fingerprint density at radius 1 is 1.37 bits per heavy atom. The van der Waals surface area contributed by atoms with Crippen LogP contribution in [0.2, 0.25) is 0 Å². The minimum absolute atomic E-state index is 0.558. The first-order chi connectivity index (χ1) is 9.28. The van der Waals surface area contributed by atoms with Crippen molar-refractivity contribution in [2.24, 2.45) is 5.92 Å². The van der Waals surface area contributed by atoms with Crippen LogP contribution in [0.1, 0.15) is 37.7 Å². The molecule has 3 rings (SSSR count). The summed E-state index contributed by atoms with van der Waals surface area (Å²) in [6.45, 7) is 0.905. The summed E-state index contributed by atoms with van der Waals surface area (Å²) in [4.78, 5) is 4.37. The molecule has 1 saturated carbocycles. The summed E-state index contributed by atoms with van der Waals surface area (Å²) in [5.74, 6) is 1.39. The molecule has 1 heterocycles. The van der Waals surface area contributed by atoms with E-state index in [0.29, 0.717) is 11.5 Å². The summed E-state index contributed by atoms with van der Waals surface area (Å²) in [6.07, 6.45) is 6.57. The van der Waals surface area contributed by atoms with Gasteiger partial charge in [-0.1, -0.05) is 25.7 Å². The van der Waals surface area contributed by atoms with E-state index in [1.54, 1.807) is 6.07 Å². The summed E-state index contributed by atoms with van der Waals surface area (Å²) in [5.41, 5.74) is 8.52. The number of aromatic nitrogens is 2. The van der Waals surface area contributed by atoms with Gasteiger partial charge in [-0.2, -0.15) is 5.26 Å². The van der Waals surface area contributed by atoms with Crippen molar-refractivity contribution < 1.29 is 0 Å². The Morgan fingerprint density at radius 2 is 2.16 bits per heavy atom. The van der Waals surface area contributed by atoms with Gasteiger partial charge in [0.2, 0.25) is 5.95 Å². The van der Waals surface area contributed by atoms with Crippen molar-refractivity contribution in [2.45, 2.75) is 38.6 Å². The van der Waals surface area contributed by atoms with Gasteiger partial charge in [0.25, 0.3) is 0 Å². The van der Waals surface area contributed by atoms with Crippen molar-refractivity contribution in [1.29, 1.82) is 5.26 Å². The summed E-state index contributed by atoms with van der Waals surface area (Å²) in [6, 6.07) is 7.71. The van der Waals surface area contributed by atoms with Gasteiger partial charge in [-0.05, 0) is 30.5 Å². The SMILES string of the molecule is N#Cc1ccc2nc(N)n(CCC3CCCC3)c2c1. The lowest BCUT2D eigenvalue weighted by atomic mass is 10.0. The second-order valence-electron chi connectivity index (χ2n) is 5.38. The highest BCUT2D eigenvalue weighted by Crippen LogP contribution is 2.29. The van der Waals surface area contributed by atoms with Gasteiger partial charge in [-0.15, -0.1) is 0 Å². The number of nitrogen functional groups attached to an aromatic ring is 1. The lowest BCUT2D eigenvalue weighted by Gasteiger charge is -2.11. The van der Waals surface area contributed by atoms with E-state index in [0.717, 1.165) is 29.9 Å². The fraction of sp³-hybridized carbons (Fsp3) is 0.467. The number of hydrogen-bond acceptors (Lipinski definition) is 3. The van der Waals surface area contributed by atoms with E-state index < -0.39 is 0 Å². The van der Waals surface area contributed by atoms with E-state index in [4.69, 9.17) is 11.0 Å². The molecule has 0 atom stereocenters. The zero-order valence-corrected chi connectivity index (χ0v) is 11.0. The molecular formula is C15H18N4. The monoisotopic (exact) mass is 254 g/mol. The van der Waals surface area contributed by atoms with E-state index in [1.165, 1.54) is 25.7 Å². The van der Waals surface area contributed by atoms with Crippen LogP contribution in [0.25, 0.3) is 11.0 Å². The van der Waals surface area contributed by atoms with E-state index in [-0.39, 0.29) is 0 Å². The van der Waals surface area contributed by atoms with Crippen LogP contribution in [0.5, 0.6) is 0 Å². The molecule has 4 nitrogen and oxygen atoms in total. The van der Waals surface area contributed by atoms with Gasteiger partial charge < -0.3 is 10.3 Å². The molecule has 0 spiro atoms. The predicted molar refractivity (Wildman–Crippen MR) is 75.4 cm³/mol. The lowest BCUT2D eigenvalue weighted by molar-refractivity contribution is 0.464. The van der Waals surface area contributed by atoms with Crippen LogP contribution < -0.4 is 5.73 Å². The Hall–Kier alpha value is -2.02. The van der Waals surface area contributed by atoms with Gasteiger partial charge >= 0.3 is 0 Å². The zero-order chi connectivity index (χ0) is 13.2. The Bertz CT molecular complexity index is 629. The number of aryl methyl sites for hydroxylation is 1. The maximum Gasteiger partial charge on any atom is 0.201 e. The smallest absolute Gasteiger partial charge is 0.201 e. The fourth-order valence-electron chi connectivity index (χ4n) is 3.06. The molecule has 4 heteroatoms. The van der Waals surface area contributed by atoms with Gasteiger partial charge in [0.05, 0.1) is 22.7 Å². The third-order valence-electron chi connectivity index (χ3n) is 4.14. The van der Waals surface area contributed by atoms with Crippen LogP contribution in [0, 0.1) is 17.2 Å². The van der Waals surface area contributed by atoms with Crippen LogP contribution in [-0.2, 0) is 6.54 Å². The fourth-order valence-corrected chi connectivity index (χ4v) is 3.06. The summed E-state index contributed by atoms with van der Waals surface area (Å²) in [7, 11) is 0. The number of anilines is 1. The molecule has 0 bridgehead atoms. The highest BCUT2D eigenvalue weighted by Gasteiger charge is 2.16. The van der Waals surface area contributed by atoms with E-state index in [2.05, 4.69) is 15.6 Å². The molecule has 0 aliphatic heterocycles. The number of rotatable bonds is 3. The average molecular weight is 254 g/mol. The third kappa shape index (κ3) is 2.28. The molecule has 2 aromatic rings. The molecule has 98 valence electrons. The maximum absolute atomic E-state index is 8.99. The van der Waals surface area contributed by atoms with Crippen LogP contribution in [0.15, 0.2) is 18.2 Å². The first kappa shape index (κ1) is 12.0. The number of nitriles is 1. The molecule has 19 heavy (non-hydrogen) atoms. The van der Waals surface area contributed by atoms with Gasteiger partial charge in [0.15, 0.2) is 0 Å². The molecule has 1 aromatic carbocycles. The van der Waals surface area contributed by atoms with Crippen molar-refractivity contribution in [3.63, 3.8) is 0 Å². The largest absolute Gasteiger partial charge is 0.369 e. The molecule has 1 aromatic heterocycles. The van der Waals surface area contributed by atoms with Crippen molar-refractivity contribution in [3.05, 3.63) is 23.8 Å². The first-order valence-electron chi connectivity index (χ1n) is 6.94. The van der Waals surface area contributed by atoms with Gasteiger partial charge in [-0.25, -0.2) is 4.98 Å². The summed E-state index contributed by atoms with van der Waals surface area (Å²) < 4.78 is 2.05. The van der Waals surface area contributed by atoms with Gasteiger partial charge in [0.1, 0.15) is 0 Å². The van der Waals surface area contributed by atoms with Gasteiger partial charge in [-0.3, -0.25) is 0 Å². The summed E-state index contributed by atoms with van der Waals surface area (Å²) >= 11 is 0. The Morgan fingerprint density at radius 3 is 2.89 bits per heavy atom. The molecule has 0 amide bonds. The van der Waals surface area contributed by atoms with Crippen LogP contribution >= 0.6 is 0 Å². The quantitative estimate of drug-likeness (QED) is 0.915. The normalized spacial score (nSPS) is 15.9. The van der Waals surface area contributed by atoms with Crippen LogP contribution in [0.4, 0.5) is 5.95 Å². The Balaban J connectivity index is 1.88. The topological polar surface area (TPSA) is 67.6 Å². The molecule has 0 radical (unpaired) electrons. The molecule has 2 N–H and O–H groups in total. The van der Waals surface area contributed by atoms with Gasteiger partial charge in [0, 0.05) is 6.54 Å². The summed E-state index contributed by atoms with van der Waals surface area (Å²) in [5, 5.41) is 8.99. The second-order valence-corrected chi connectivity index (χ2v) is 5.38. The van der Waals surface area contributed by atoms with E-state index >= 15 is 0 Å². The van der Waals surface area contributed by atoms with Crippen molar-refractivity contribution in [3.8, 4) is 6.07 Å². The Kier molecular flexibility index (Phi) is 3.12. The highest BCUT2D eigenvalue weighted by atomic mass is 15.1. The molecule has 1 aliphatic carbocycles. The second kappa shape index (κ2) is 4.93. The zero-order valence-electron chi connectivity index (χ0n) is 11.0. The maximum atomic E-state index is 8.99. The molecule has 1 fully saturated rings. The van der Waals surface area contributed by atoms with Crippen LogP contribution in [0.3, 0.4) is 0 Å². The molecule has 1 aliphatic rings. The molecule has 0 saturated heterocycles. The predicted octanol–water partition coefficient (Wildman–Crippen LogP) is 3.07. The minimum Gasteiger partial charge on any atom is -0.369 e. The highest BCUT2D eigenvalue weighted by molar-refractivity contribution is 5.79. The minimum atomic E-state index is 0.558. The van der Waals surface area contributed by atoms with Crippen molar-refractivity contribution in [2.75, 3.05) is 5.73 Å². The van der Waals surface area contributed by atoms with E-state index in [9.17, 15) is 0 Å². The molecule has 0 unspecified atom stereocenters. The number of hydrogen-bond donors (Lipinski definition) is 1. The van der Waals surface area contributed by atoms with Crippen LogP contribution in [-0.4, -0.2) is 9.55 Å². The Labute approximate surface area is 112 Å². The lowest BCUT2D eigenvalue weighted by Crippen LogP contribution is -2.07. The number of benzene rings is 1. The van der Waals surface area contributed by atoms with Crippen molar-refractivity contribution in [1.82, 2.24) is 9.55 Å². The standard InChI is InChI=1S/C15H18N4/c16-10-12-5-6-13-14(9-12)19(15(17)18-13)8-7-11-3-1-2-4-11/h5-6,9,11H,1-4,7-8H2,(H2,17,18).